The number of hydrogen-bond acceptors (Lipinski definition) is 6. The summed E-state index contributed by atoms with van der Waals surface area (Å²) in [6.07, 6.45) is -4.67. The van der Waals surface area contributed by atoms with E-state index in [1.807, 2.05) is 4.90 Å². The second-order valence-electron chi connectivity index (χ2n) is 7.99. The number of hydrogen-bond donors (Lipinski definition) is 3. The van der Waals surface area contributed by atoms with Gasteiger partial charge in [0.05, 0.1) is 27.6 Å². The van der Waals surface area contributed by atoms with E-state index in [0.29, 0.717) is 49.0 Å². The summed E-state index contributed by atoms with van der Waals surface area (Å²) in [4.78, 5) is 43.5. The third-order valence-corrected chi connectivity index (χ3v) is 5.87. The zero-order chi connectivity index (χ0) is 24.6. The highest BCUT2D eigenvalue weighted by Gasteiger charge is 2.34. The van der Waals surface area contributed by atoms with Gasteiger partial charge in [-0.3, -0.25) is 19.8 Å². The number of rotatable bonds is 5. The summed E-state index contributed by atoms with van der Waals surface area (Å²) in [7, 11) is 0. The average Bonchev–Trinajstić information content (AvgIpc) is 3.17. The Bertz CT molecular complexity index is 1290. The highest BCUT2D eigenvalue weighted by atomic mass is 19.4. The highest BCUT2D eigenvalue weighted by molar-refractivity contribution is 5.96. The number of nitrogens with one attached hydrogen (secondary N) is 3. The molecule has 1 amide bonds. The Labute approximate surface area is 190 Å². The number of anilines is 2. The van der Waals surface area contributed by atoms with Gasteiger partial charge < -0.3 is 20.2 Å². The lowest BCUT2D eigenvalue weighted by Gasteiger charge is -2.38. The van der Waals surface area contributed by atoms with Gasteiger partial charge in [0.25, 0.3) is 5.69 Å². The van der Waals surface area contributed by atoms with Gasteiger partial charge in [-0.15, -0.1) is 0 Å². The molecule has 2 aromatic carbocycles. The number of benzene rings is 2. The molecule has 2 heterocycles. The molecule has 0 spiro atoms. The van der Waals surface area contributed by atoms with Crippen LogP contribution in [0.2, 0.25) is 0 Å². The number of aromatic nitrogens is 2. The van der Waals surface area contributed by atoms with Crippen LogP contribution in [-0.2, 0) is 11.0 Å². The fourth-order valence-electron chi connectivity index (χ4n) is 3.99. The zero-order valence-corrected chi connectivity index (χ0v) is 18.0. The number of imidazole rings is 1. The summed E-state index contributed by atoms with van der Waals surface area (Å²) in [6, 6.07) is 6.95. The van der Waals surface area contributed by atoms with E-state index in [0.717, 1.165) is 12.1 Å². The fourth-order valence-corrected chi connectivity index (χ4v) is 3.99. The van der Waals surface area contributed by atoms with Crippen molar-refractivity contribution in [2.45, 2.75) is 19.1 Å². The maximum Gasteiger partial charge on any atom is 0.416 e. The molecule has 34 heavy (non-hydrogen) atoms. The Balaban J connectivity index is 1.41. The maximum atomic E-state index is 13.0. The molecule has 0 bridgehead atoms. The van der Waals surface area contributed by atoms with E-state index in [4.69, 9.17) is 0 Å². The van der Waals surface area contributed by atoms with E-state index in [1.54, 1.807) is 30.0 Å². The molecule has 0 aliphatic carbocycles. The first-order chi connectivity index (χ1) is 16.0. The van der Waals surface area contributed by atoms with Gasteiger partial charge in [-0.25, -0.2) is 4.79 Å². The number of H-pyrrole nitrogens is 2. The topological polar surface area (TPSA) is 127 Å². The van der Waals surface area contributed by atoms with E-state index in [2.05, 4.69) is 15.3 Å². The first-order valence-corrected chi connectivity index (χ1v) is 10.4. The number of piperazine rings is 1. The van der Waals surface area contributed by atoms with E-state index < -0.39 is 28.4 Å². The number of halogens is 3. The Morgan fingerprint density at radius 3 is 2.41 bits per heavy atom. The maximum absolute atomic E-state index is 13.0. The largest absolute Gasteiger partial charge is 0.416 e. The number of carbonyl (C=O) groups is 1. The van der Waals surface area contributed by atoms with Crippen molar-refractivity contribution in [2.24, 2.45) is 0 Å². The van der Waals surface area contributed by atoms with Gasteiger partial charge in [-0.1, -0.05) is 0 Å². The van der Waals surface area contributed by atoms with E-state index in [-0.39, 0.29) is 17.3 Å². The molecule has 0 unspecified atom stereocenters. The zero-order valence-electron chi connectivity index (χ0n) is 18.0. The standard InChI is InChI=1S/C21H21F3N6O4/c1-12(19(31)25-14-3-4-15-16(11-14)27-20(32)26-15)28-6-8-29(9-7-28)17-5-2-13(21(22,23)24)10-18(17)30(33)34/h2-5,10-12H,6-9H2,1H3,(H,25,31)(H2,26,27,32)/t12-/m0/s1. The second-order valence-corrected chi connectivity index (χ2v) is 7.99. The van der Waals surface area contributed by atoms with Crippen molar-refractivity contribution in [2.75, 3.05) is 36.4 Å². The van der Waals surface area contributed by atoms with E-state index >= 15 is 0 Å². The summed E-state index contributed by atoms with van der Waals surface area (Å²) >= 11 is 0. The Morgan fingerprint density at radius 1 is 1.09 bits per heavy atom. The van der Waals surface area contributed by atoms with Crippen molar-refractivity contribution in [1.82, 2.24) is 14.9 Å². The first kappa shape index (κ1) is 23.3. The molecule has 3 aromatic rings. The molecule has 0 radical (unpaired) electrons. The van der Waals surface area contributed by atoms with Crippen molar-refractivity contribution in [3.63, 3.8) is 0 Å². The molecule has 4 rings (SSSR count). The van der Waals surface area contributed by atoms with E-state index in [1.165, 1.54) is 0 Å². The van der Waals surface area contributed by atoms with Gasteiger partial charge in [-0.05, 0) is 37.3 Å². The van der Waals surface area contributed by atoms with Crippen LogP contribution in [0, 0.1) is 10.1 Å². The van der Waals surface area contributed by atoms with Gasteiger partial charge in [0.15, 0.2) is 0 Å². The number of nitro groups is 1. The molecule has 1 atom stereocenters. The summed E-state index contributed by atoms with van der Waals surface area (Å²) < 4.78 is 38.9. The van der Waals surface area contributed by atoms with Crippen LogP contribution in [0.15, 0.2) is 41.2 Å². The first-order valence-electron chi connectivity index (χ1n) is 10.4. The smallest absolute Gasteiger partial charge is 0.363 e. The Hall–Kier alpha value is -3.87. The molecule has 1 aliphatic rings. The molecule has 10 nitrogen and oxygen atoms in total. The third-order valence-electron chi connectivity index (χ3n) is 5.87. The summed E-state index contributed by atoms with van der Waals surface area (Å²) in [5.74, 6) is -0.272. The summed E-state index contributed by atoms with van der Waals surface area (Å²) in [6.45, 7) is 3.11. The molecule has 1 saturated heterocycles. The van der Waals surface area contributed by atoms with Gasteiger partial charge in [0.1, 0.15) is 5.69 Å². The van der Waals surface area contributed by atoms with Gasteiger partial charge >= 0.3 is 11.9 Å². The fraction of sp³-hybridized carbons (Fsp3) is 0.333. The van der Waals surface area contributed by atoms with Crippen molar-refractivity contribution in [1.29, 1.82) is 0 Å². The minimum atomic E-state index is -4.67. The SMILES string of the molecule is C[C@@H](C(=O)Nc1ccc2[nH]c(=O)[nH]c2c1)N1CCN(c2ccc(C(F)(F)F)cc2[N+](=O)[O-])CC1. The quantitative estimate of drug-likeness (QED) is 0.382. The summed E-state index contributed by atoms with van der Waals surface area (Å²) in [5.41, 5.74) is -0.229. The normalized spacial score (nSPS) is 15.9. The number of alkyl halides is 3. The van der Waals surface area contributed by atoms with Crippen LogP contribution < -0.4 is 15.9 Å². The van der Waals surface area contributed by atoms with Gasteiger partial charge in [0, 0.05) is 37.9 Å². The van der Waals surface area contributed by atoms with E-state index in [9.17, 15) is 32.9 Å². The molecule has 180 valence electrons. The predicted octanol–water partition coefficient (Wildman–Crippen LogP) is 2.93. The minimum Gasteiger partial charge on any atom is -0.363 e. The lowest BCUT2D eigenvalue weighted by molar-refractivity contribution is -0.384. The van der Waals surface area contributed by atoms with Crippen LogP contribution >= 0.6 is 0 Å². The number of fused-ring (bicyclic) bond motifs is 1. The van der Waals surface area contributed by atoms with Crippen molar-refractivity contribution in [3.05, 3.63) is 62.6 Å². The lowest BCUT2D eigenvalue weighted by Crippen LogP contribution is -2.53. The molecule has 0 saturated carbocycles. The van der Waals surface area contributed by atoms with Crippen molar-refractivity contribution in [3.8, 4) is 0 Å². The van der Waals surface area contributed by atoms with Gasteiger partial charge in [0.2, 0.25) is 5.91 Å². The molecule has 1 fully saturated rings. The highest BCUT2D eigenvalue weighted by Crippen LogP contribution is 2.36. The van der Waals surface area contributed by atoms with Crippen LogP contribution in [0.3, 0.4) is 0 Å². The number of aromatic amines is 2. The van der Waals surface area contributed by atoms with Gasteiger partial charge in [-0.2, -0.15) is 13.2 Å². The minimum absolute atomic E-state index is 0.114. The van der Waals surface area contributed by atoms with Crippen LogP contribution in [0.25, 0.3) is 11.0 Å². The second kappa shape index (κ2) is 8.82. The monoisotopic (exact) mass is 478 g/mol. The van der Waals surface area contributed by atoms with Crippen molar-refractivity contribution >= 4 is 34.0 Å². The Morgan fingerprint density at radius 2 is 1.76 bits per heavy atom. The van der Waals surface area contributed by atoms with Crippen LogP contribution in [0.5, 0.6) is 0 Å². The predicted molar refractivity (Wildman–Crippen MR) is 119 cm³/mol. The molecule has 3 N–H and O–H groups in total. The van der Waals surface area contributed by atoms with Crippen LogP contribution in [-0.4, -0.2) is 57.9 Å². The molecule has 1 aliphatic heterocycles. The lowest BCUT2D eigenvalue weighted by atomic mass is 10.1. The summed E-state index contributed by atoms with van der Waals surface area (Å²) in [5, 5.41) is 14.2. The molecule has 13 heteroatoms. The average molecular weight is 478 g/mol. The number of nitro benzene ring substituents is 1. The molecular weight excluding hydrogens is 457 g/mol. The molecule has 1 aromatic heterocycles. The number of amides is 1. The van der Waals surface area contributed by atoms with Crippen LogP contribution in [0.4, 0.5) is 30.2 Å². The third kappa shape index (κ3) is 4.73. The number of nitrogens with zero attached hydrogens (tertiary/aromatic N) is 3. The van der Waals surface area contributed by atoms with Crippen molar-refractivity contribution < 1.29 is 22.9 Å². The molecular formula is C21H21F3N6O4. The number of carbonyl (C=O) groups excluding carboxylic acids is 1. The Kier molecular flexibility index (Phi) is 6.04. The van der Waals surface area contributed by atoms with Crippen LogP contribution in [0.1, 0.15) is 12.5 Å².